The minimum Gasteiger partial charge on any atom is -0.463 e. The Morgan fingerprint density at radius 1 is 0.964 bits per heavy atom. The number of aliphatic hydroxyl groups is 1. The van der Waals surface area contributed by atoms with E-state index < -0.39 is 18.1 Å². The lowest BCUT2D eigenvalue weighted by Gasteiger charge is -2.14. The van der Waals surface area contributed by atoms with Gasteiger partial charge in [-0.05, 0) is 19.3 Å². The van der Waals surface area contributed by atoms with Crippen LogP contribution in [-0.2, 0) is 19.1 Å². The molecule has 0 saturated heterocycles. The van der Waals surface area contributed by atoms with Crippen LogP contribution in [0.4, 0.5) is 0 Å². The summed E-state index contributed by atoms with van der Waals surface area (Å²) >= 11 is 0. The van der Waals surface area contributed by atoms with E-state index in [1.54, 1.807) is 0 Å². The third-order valence-corrected chi connectivity index (χ3v) is 4.11. The number of guanidine groups is 1. The molecule has 0 spiro atoms. The van der Waals surface area contributed by atoms with E-state index in [0.29, 0.717) is 25.8 Å². The number of hydrogen-bond donors (Lipinski definition) is 4. The van der Waals surface area contributed by atoms with Crippen molar-refractivity contribution in [2.24, 2.45) is 22.2 Å². The number of unbranched alkanes of at least 4 members (excludes halogenated alkanes) is 6. The second kappa shape index (κ2) is 17.2. The number of nitrogens with zero attached hydrogens (tertiary/aromatic N) is 1. The molecule has 28 heavy (non-hydrogen) atoms. The fourth-order valence-electron chi connectivity index (χ4n) is 2.46. The molecular formula is C19H38N4O5. The molecule has 0 aliphatic rings. The molecule has 0 fully saturated rings. The molecule has 9 heteroatoms. The van der Waals surface area contributed by atoms with Crippen LogP contribution in [0.5, 0.6) is 0 Å². The van der Waals surface area contributed by atoms with Crippen LogP contribution >= 0.6 is 0 Å². The fourth-order valence-corrected chi connectivity index (χ4v) is 2.46. The highest BCUT2D eigenvalue weighted by molar-refractivity contribution is 5.76. The fraction of sp³-hybridized carbons (Fsp3) is 0.842. The van der Waals surface area contributed by atoms with E-state index in [1.807, 2.05) is 0 Å². The molecular weight excluding hydrogens is 364 g/mol. The monoisotopic (exact) mass is 402 g/mol. The van der Waals surface area contributed by atoms with Crippen LogP contribution in [0.3, 0.4) is 0 Å². The summed E-state index contributed by atoms with van der Waals surface area (Å²) in [6.45, 7) is 2.07. The Morgan fingerprint density at radius 2 is 1.57 bits per heavy atom. The van der Waals surface area contributed by atoms with Crippen molar-refractivity contribution in [1.29, 1.82) is 0 Å². The average Bonchev–Trinajstić information content (AvgIpc) is 2.66. The summed E-state index contributed by atoms with van der Waals surface area (Å²) in [6.07, 6.45) is 7.98. The second-order valence-corrected chi connectivity index (χ2v) is 6.89. The summed E-state index contributed by atoms with van der Waals surface area (Å²) in [7, 11) is 0. The van der Waals surface area contributed by atoms with Crippen molar-refractivity contribution in [3.8, 4) is 0 Å². The Bertz CT molecular complexity index is 456. The molecule has 0 aliphatic carbocycles. The number of carbonyl (C=O) groups is 2. The Morgan fingerprint density at radius 3 is 2.21 bits per heavy atom. The first-order valence-corrected chi connectivity index (χ1v) is 10.2. The maximum Gasteiger partial charge on any atom is 0.323 e. The largest absolute Gasteiger partial charge is 0.463 e. The Labute approximate surface area is 168 Å². The third kappa shape index (κ3) is 16.3. The van der Waals surface area contributed by atoms with E-state index in [1.165, 1.54) is 25.7 Å². The highest BCUT2D eigenvalue weighted by atomic mass is 16.6. The molecule has 0 heterocycles. The van der Waals surface area contributed by atoms with Crippen molar-refractivity contribution >= 4 is 17.9 Å². The van der Waals surface area contributed by atoms with Gasteiger partial charge in [0.1, 0.15) is 25.4 Å². The van der Waals surface area contributed by atoms with Crippen molar-refractivity contribution in [3.05, 3.63) is 0 Å². The Kier molecular flexibility index (Phi) is 16.1. The predicted octanol–water partition coefficient (Wildman–Crippen LogP) is 0.955. The van der Waals surface area contributed by atoms with E-state index in [-0.39, 0.29) is 25.1 Å². The number of rotatable bonds is 17. The van der Waals surface area contributed by atoms with Gasteiger partial charge < -0.3 is 31.8 Å². The summed E-state index contributed by atoms with van der Waals surface area (Å²) < 4.78 is 9.92. The summed E-state index contributed by atoms with van der Waals surface area (Å²) in [4.78, 5) is 27.2. The van der Waals surface area contributed by atoms with Crippen molar-refractivity contribution < 1.29 is 24.2 Å². The molecule has 164 valence electrons. The van der Waals surface area contributed by atoms with E-state index in [4.69, 9.17) is 26.7 Å². The van der Waals surface area contributed by atoms with E-state index in [2.05, 4.69) is 11.9 Å². The Hall–Kier alpha value is -1.87. The smallest absolute Gasteiger partial charge is 0.323 e. The molecule has 2 atom stereocenters. The molecule has 9 nitrogen and oxygen atoms in total. The first-order chi connectivity index (χ1) is 13.4. The van der Waals surface area contributed by atoms with Gasteiger partial charge in [-0.3, -0.25) is 14.6 Å². The second-order valence-electron chi connectivity index (χ2n) is 6.89. The molecule has 0 rings (SSSR count). The number of nitrogens with two attached hydrogens (primary N) is 3. The molecule has 1 unspecified atom stereocenters. The standard InChI is InChI=1S/C19H38N4O5/c1-2-3-4-5-6-7-8-11-17(25)27-13-15(24)14-28-18(26)16(20)10-9-12-23-19(21)22/h15-16,24H,2-14,20H2,1H3,(H4,21,22,23)/t15?,16-/m0/s1. The van der Waals surface area contributed by atoms with Crippen molar-refractivity contribution in [3.63, 3.8) is 0 Å². The predicted molar refractivity (Wildman–Crippen MR) is 108 cm³/mol. The van der Waals surface area contributed by atoms with Crippen molar-refractivity contribution in [1.82, 2.24) is 0 Å². The summed E-state index contributed by atoms with van der Waals surface area (Å²) in [5, 5.41) is 9.76. The summed E-state index contributed by atoms with van der Waals surface area (Å²) in [5.74, 6) is -0.991. The van der Waals surface area contributed by atoms with Gasteiger partial charge in [0.05, 0.1) is 0 Å². The van der Waals surface area contributed by atoms with Gasteiger partial charge in [-0.1, -0.05) is 45.4 Å². The number of esters is 2. The van der Waals surface area contributed by atoms with Crippen LogP contribution in [0.25, 0.3) is 0 Å². The maximum absolute atomic E-state index is 11.7. The van der Waals surface area contributed by atoms with Crippen LogP contribution < -0.4 is 17.2 Å². The van der Waals surface area contributed by atoms with Gasteiger partial charge in [-0.15, -0.1) is 0 Å². The zero-order chi connectivity index (χ0) is 21.2. The van der Waals surface area contributed by atoms with Crippen LogP contribution in [0, 0.1) is 0 Å². The zero-order valence-corrected chi connectivity index (χ0v) is 17.1. The SMILES string of the molecule is CCCCCCCCCC(=O)OCC(O)COC(=O)[C@@H](N)CCCN=C(N)N. The molecule has 0 aliphatic heterocycles. The Balaban J connectivity index is 3.71. The topological polar surface area (TPSA) is 163 Å². The normalized spacial score (nSPS) is 12.8. The first-order valence-electron chi connectivity index (χ1n) is 10.2. The average molecular weight is 403 g/mol. The highest BCUT2D eigenvalue weighted by Gasteiger charge is 2.17. The van der Waals surface area contributed by atoms with Crippen LogP contribution in [-0.4, -0.2) is 54.9 Å². The van der Waals surface area contributed by atoms with E-state index in [0.717, 1.165) is 19.3 Å². The van der Waals surface area contributed by atoms with Crippen molar-refractivity contribution in [2.75, 3.05) is 19.8 Å². The van der Waals surface area contributed by atoms with E-state index in [9.17, 15) is 14.7 Å². The molecule has 0 aromatic carbocycles. The van der Waals surface area contributed by atoms with E-state index >= 15 is 0 Å². The van der Waals surface area contributed by atoms with Gasteiger partial charge in [0.25, 0.3) is 0 Å². The number of carbonyl (C=O) groups excluding carboxylic acids is 2. The van der Waals surface area contributed by atoms with Gasteiger partial charge in [-0.2, -0.15) is 0 Å². The lowest BCUT2D eigenvalue weighted by atomic mass is 10.1. The van der Waals surface area contributed by atoms with Gasteiger partial charge in [0, 0.05) is 13.0 Å². The zero-order valence-electron chi connectivity index (χ0n) is 17.1. The summed E-state index contributed by atoms with van der Waals surface area (Å²) in [5.41, 5.74) is 16.1. The lowest BCUT2D eigenvalue weighted by molar-refractivity contribution is -0.153. The number of ether oxygens (including phenoxy) is 2. The van der Waals surface area contributed by atoms with Gasteiger partial charge in [0.15, 0.2) is 5.96 Å². The van der Waals surface area contributed by atoms with Gasteiger partial charge >= 0.3 is 11.9 Å². The van der Waals surface area contributed by atoms with Crippen molar-refractivity contribution in [2.45, 2.75) is 83.3 Å². The quantitative estimate of drug-likeness (QED) is 0.121. The highest BCUT2D eigenvalue weighted by Crippen LogP contribution is 2.09. The molecule has 7 N–H and O–H groups in total. The third-order valence-electron chi connectivity index (χ3n) is 4.11. The molecule has 0 saturated carbocycles. The molecule has 0 radical (unpaired) electrons. The van der Waals surface area contributed by atoms with Gasteiger partial charge in [0.2, 0.25) is 0 Å². The van der Waals surface area contributed by atoms with Crippen LogP contribution in [0.2, 0.25) is 0 Å². The summed E-state index contributed by atoms with van der Waals surface area (Å²) in [6, 6.07) is -0.818. The molecule has 0 aromatic rings. The lowest BCUT2D eigenvalue weighted by Crippen LogP contribution is -2.35. The molecule has 0 bridgehead atoms. The maximum atomic E-state index is 11.7. The molecule has 0 aromatic heterocycles. The first kappa shape index (κ1) is 26.1. The minimum atomic E-state index is -1.07. The molecule has 0 amide bonds. The minimum absolute atomic E-state index is 0.0132. The number of aliphatic hydroxyl groups excluding tert-OH is 1. The van der Waals surface area contributed by atoms with Crippen LogP contribution in [0.1, 0.15) is 71.1 Å². The number of aliphatic imine (C=N–C) groups is 1. The van der Waals surface area contributed by atoms with Gasteiger partial charge in [-0.25, -0.2) is 0 Å². The van der Waals surface area contributed by atoms with Crippen LogP contribution in [0.15, 0.2) is 4.99 Å². The number of hydrogen-bond acceptors (Lipinski definition) is 7.